The maximum absolute atomic E-state index is 14.3. The van der Waals surface area contributed by atoms with Crippen LogP contribution in [0.15, 0.2) is 0 Å². The number of hydrogen-bond donors (Lipinski definition) is 0. The normalized spacial score (nSPS) is 62.6. The number of nitriles is 1. The lowest BCUT2D eigenvalue weighted by Crippen LogP contribution is -2.69. The fraction of sp³-hybridized carbons (Fsp3) is 0.929. The lowest BCUT2D eigenvalue weighted by atomic mass is 9.34. The van der Waals surface area contributed by atoms with Gasteiger partial charge in [-0.1, -0.05) is 0 Å². The molecule has 0 aromatic heterocycles. The molecule has 4 heteroatoms. The molecule has 0 amide bonds. The van der Waals surface area contributed by atoms with E-state index < -0.39 is 5.92 Å². The Hall–Kier alpha value is -0.690. The molecule has 8 atom stereocenters. The second-order valence-corrected chi connectivity index (χ2v) is 6.94. The van der Waals surface area contributed by atoms with Crippen LogP contribution in [0.3, 0.4) is 0 Å². The highest BCUT2D eigenvalue weighted by molar-refractivity contribution is 5.41. The average Bonchev–Trinajstić information content (AvgIpc) is 2.74. The fourth-order valence-electron chi connectivity index (χ4n) is 7.09. The molecular formula is C14H15F2NO. The van der Waals surface area contributed by atoms with Crippen LogP contribution in [0.1, 0.15) is 12.8 Å². The van der Waals surface area contributed by atoms with Crippen LogP contribution < -0.4 is 0 Å². The Bertz CT molecular complexity index is 487. The molecule has 2 nitrogen and oxygen atoms in total. The molecule has 0 N–H and O–H groups in total. The molecule has 0 aromatic rings. The van der Waals surface area contributed by atoms with E-state index in [0.29, 0.717) is 43.3 Å². The first kappa shape index (κ1) is 10.1. The Labute approximate surface area is 104 Å². The third-order valence-corrected chi connectivity index (χ3v) is 7.03. The van der Waals surface area contributed by atoms with Crippen molar-refractivity contribution in [1.82, 2.24) is 0 Å². The van der Waals surface area contributed by atoms with E-state index in [0.717, 1.165) is 6.42 Å². The van der Waals surface area contributed by atoms with E-state index in [-0.39, 0.29) is 23.2 Å². The first-order chi connectivity index (χ1) is 8.65. The van der Waals surface area contributed by atoms with Gasteiger partial charge in [0, 0.05) is 17.3 Å². The van der Waals surface area contributed by atoms with Crippen molar-refractivity contribution >= 4 is 0 Å². The zero-order valence-corrected chi connectivity index (χ0v) is 9.98. The Morgan fingerprint density at radius 3 is 2.89 bits per heavy atom. The molecule has 6 fully saturated rings. The molecule has 6 rings (SSSR count). The largest absolute Gasteiger partial charge is 0.380 e. The first-order valence-electron chi connectivity index (χ1n) is 6.98. The van der Waals surface area contributed by atoms with Crippen LogP contribution in [0.5, 0.6) is 0 Å². The highest BCUT2D eigenvalue weighted by atomic mass is 19.3. The molecule has 18 heavy (non-hydrogen) atoms. The molecule has 6 saturated carbocycles. The number of halogens is 2. The number of alkyl halides is 2. The van der Waals surface area contributed by atoms with E-state index in [2.05, 4.69) is 0 Å². The lowest BCUT2D eigenvalue weighted by molar-refractivity contribution is -0.261. The molecule has 0 unspecified atom stereocenters. The molecule has 0 heterocycles. The van der Waals surface area contributed by atoms with Gasteiger partial charge in [0.15, 0.2) is 0 Å². The van der Waals surface area contributed by atoms with Gasteiger partial charge in [-0.15, -0.1) is 0 Å². The number of nitrogens with zero attached hydrogens (tertiary/aromatic N) is 1. The van der Waals surface area contributed by atoms with E-state index >= 15 is 0 Å². The van der Waals surface area contributed by atoms with Gasteiger partial charge in [0.1, 0.15) is 0 Å². The van der Waals surface area contributed by atoms with Gasteiger partial charge in [0.25, 0.3) is 5.92 Å². The standard InChI is InChI=1S/C14H15F2NO/c15-14(16)11-8-6-4-7-9(8)10(11)13(7,12(6)14)5-18-3-1-2-17/h6-12H,1,3-5H2/t6-,7-,8+,9+,10-,11-,12+,13-/m0/s1. The van der Waals surface area contributed by atoms with Crippen molar-refractivity contribution in [2.24, 2.45) is 46.8 Å². The average molecular weight is 251 g/mol. The Kier molecular flexibility index (Phi) is 1.47. The Morgan fingerprint density at radius 2 is 2.11 bits per heavy atom. The van der Waals surface area contributed by atoms with Crippen LogP contribution in [0.4, 0.5) is 8.78 Å². The number of hydrogen-bond acceptors (Lipinski definition) is 2. The van der Waals surface area contributed by atoms with E-state index in [4.69, 9.17) is 10.00 Å². The van der Waals surface area contributed by atoms with Crippen LogP contribution in [-0.4, -0.2) is 19.1 Å². The van der Waals surface area contributed by atoms with Crippen LogP contribution >= 0.6 is 0 Å². The van der Waals surface area contributed by atoms with Gasteiger partial charge in [0.2, 0.25) is 0 Å². The van der Waals surface area contributed by atoms with Gasteiger partial charge in [-0.2, -0.15) is 5.26 Å². The second-order valence-electron chi connectivity index (χ2n) is 6.94. The third-order valence-electron chi connectivity index (χ3n) is 7.03. The highest BCUT2D eigenvalue weighted by Gasteiger charge is 2.97. The van der Waals surface area contributed by atoms with Crippen molar-refractivity contribution in [2.75, 3.05) is 13.2 Å². The summed E-state index contributed by atoms with van der Waals surface area (Å²) in [6.45, 7) is 0.889. The summed E-state index contributed by atoms with van der Waals surface area (Å²) < 4.78 is 34.3. The van der Waals surface area contributed by atoms with Gasteiger partial charge in [0.05, 0.1) is 25.7 Å². The van der Waals surface area contributed by atoms with Crippen LogP contribution in [0.25, 0.3) is 0 Å². The fourth-order valence-corrected chi connectivity index (χ4v) is 7.09. The topological polar surface area (TPSA) is 33.0 Å². The molecule has 0 saturated heterocycles. The molecule has 4 bridgehead atoms. The van der Waals surface area contributed by atoms with E-state index in [1.54, 1.807) is 0 Å². The molecule has 0 radical (unpaired) electrons. The molecule has 0 aliphatic heterocycles. The minimum Gasteiger partial charge on any atom is -0.380 e. The molecule has 0 aromatic carbocycles. The number of rotatable bonds is 4. The molecule has 0 spiro atoms. The maximum atomic E-state index is 14.3. The number of ether oxygens (including phenoxy) is 1. The summed E-state index contributed by atoms with van der Waals surface area (Å²) in [5.41, 5.74) is -0.187. The van der Waals surface area contributed by atoms with Crippen molar-refractivity contribution in [1.29, 1.82) is 5.26 Å². The highest BCUT2D eigenvalue weighted by Crippen LogP contribution is 2.96. The summed E-state index contributed by atoms with van der Waals surface area (Å²) >= 11 is 0. The molecule has 6 aliphatic rings. The molecule has 96 valence electrons. The Balaban J connectivity index is 1.45. The van der Waals surface area contributed by atoms with E-state index in [1.165, 1.54) is 0 Å². The second kappa shape index (κ2) is 2.60. The lowest BCUT2D eigenvalue weighted by Gasteiger charge is -2.69. The van der Waals surface area contributed by atoms with Gasteiger partial charge in [-0.3, -0.25) is 0 Å². The quantitative estimate of drug-likeness (QED) is 0.718. The predicted molar refractivity (Wildman–Crippen MR) is 57.5 cm³/mol. The van der Waals surface area contributed by atoms with Gasteiger partial charge < -0.3 is 4.74 Å². The summed E-state index contributed by atoms with van der Waals surface area (Å²) in [5, 5.41) is 8.49. The minimum atomic E-state index is -2.42. The zero-order chi connectivity index (χ0) is 12.3. The van der Waals surface area contributed by atoms with E-state index in [1.807, 2.05) is 6.07 Å². The summed E-state index contributed by atoms with van der Waals surface area (Å²) in [6, 6.07) is 2.04. The third kappa shape index (κ3) is 0.672. The van der Waals surface area contributed by atoms with Crippen molar-refractivity contribution in [3.63, 3.8) is 0 Å². The summed E-state index contributed by atoms with van der Waals surface area (Å²) in [7, 11) is 0. The van der Waals surface area contributed by atoms with Crippen molar-refractivity contribution in [3.05, 3.63) is 0 Å². The predicted octanol–water partition coefficient (Wildman–Crippen LogP) is 2.31. The van der Waals surface area contributed by atoms with Crippen LogP contribution in [0.2, 0.25) is 0 Å². The Morgan fingerprint density at radius 1 is 1.28 bits per heavy atom. The maximum Gasteiger partial charge on any atom is 0.255 e. The van der Waals surface area contributed by atoms with E-state index in [9.17, 15) is 8.78 Å². The smallest absolute Gasteiger partial charge is 0.255 e. The van der Waals surface area contributed by atoms with Crippen LogP contribution in [0, 0.1) is 58.2 Å². The summed E-state index contributed by atoms with van der Waals surface area (Å²) in [4.78, 5) is 0. The minimum absolute atomic E-state index is 0.187. The van der Waals surface area contributed by atoms with Gasteiger partial charge in [-0.25, -0.2) is 8.78 Å². The van der Waals surface area contributed by atoms with Crippen molar-refractivity contribution in [2.45, 2.75) is 18.8 Å². The van der Waals surface area contributed by atoms with Gasteiger partial charge >= 0.3 is 0 Å². The summed E-state index contributed by atoms with van der Waals surface area (Å²) in [6.07, 6.45) is 1.40. The van der Waals surface area contributed by atoms with Gasteiger partial charge in [-0.05, 0) is 36.0 Å². The molecular weight excluding hydrogens is 236 g/mol. The monoisotopic (exact) mass is 251 g/mol. The molecule has 6 aliphatic carbocycles. The SMILES string of the molecule is N#CCCOC[C@@]12[C@H]3[C@H]4[C@H]5[C@H](C[C@@H]41)[C@H]2C(F)(F)[C@@H]53. The van der Waals surface area contributed by atoms with Crippen LogP contribution in [-0.2, 0) is 4.74 Å². The van der Waals surface area contributed by atoms with Crippen molar-refractivity contribution in [3.8, 4) is 6.07 Å². The first-order valence-corrected chi connectivity index (χ1v) is 6.98. The van der Waals surface area contributed by atoms with Crippen molar-refractivity contribution < 1.29 is 13.5 Å². The summed E-state index contributed by atoms with van der Waals surface area (Å²) in [5.74, 6) is -1.06. The zero-order valence-electron chi connectivity index (χ0n) is 9.98.